The first-order valence-corrected chi connectivity index (χ1v) is 15.1. The molecule has 0 aromatic heterocycles. The highest BCUT2D eigenvalue weighted by Gasteiger charge is 2.26. The zero-order valence-electron chi connectivity index (χ0n) is 24.6. The number of hydrogen-bond donors (Lipinski definition) is 1. The number of benzene rings is 6. The Morgan fingerprint density at radius 3 is 1.18 bits per heavy atom. The Morgan fingerprint density at radius 2 is 0.750 bits per heavy atom. The molecule has 214 valence electrons. The fraction of sp³-hybridized carbons (Fsp3) is 0.0750. The Bertz CT molecular complexity index is 1820. The molecular weight excluding hydrogens is 536 g/mol. The van der Waals surface area contributed by atoms with Crippen molar-refractivity contribution in [2.24, 2.45) is 5.10 Å². The Morgan fingerprint density at radius 1 is 0.386 bits per heavy atom. The van der Waals surface area contributed by atoms with Gasteiger partial charge in [0.2, 0.25) is 0 Å². The Kier molecular flexibility index (Phi) is 7.87. The van der Waals surface area contributed by atoms with Crippen LogP contribution in [0.25, 0.3) is 0 Å². The van der Waals surface area contributed by atoms with Gasteiger partial charge in [0.05, 0.1) is 11.4 Å². The van der Waals surface area contributed by atoms with Crippen molar-refractivity contribution in [3.63, 3.8) is 0 Å². The van der Waals surface area contributed by atoms with E-state index in [9.17, 15) is 0 Å². The molecule has 0 unspecified atom stereocenters. The van der Waals surface area contributed by atoms with E-state index in [2.05, 4.69) is 169 Å². The summed E-state index contributed by atoms with van der Waals surface area (Å²) >= 11 is 0. The molecule has 4 heteroatoms. The summed E-state index contributed by atoms with van der Waals surface area (Å²) in [5, 5.41) is 9.04. The fourth-order valence-corrected chi connectivity index (χ4v) is 5.56. The maximum Gasteiger partial charge on any atom is 0.176 e. The van der Waals surface area contributed by atoms with Crippen molar-refractivity contribution in [1.29, 1.82) is 0 Å². The number of anilines is 2. The summed E-state index contributed by atoms with van der Waals surface area (Å²) < 4.78 is 0. The van der Waals surface area contributed by atoms with Crippen LogP contribution in [0.3, 0.4) is 0 Å². The van der Waals surface area contributed by atoms with Crippen molar-refractivity contribution in [1.82, 2.24) is 5.43 Å². The third kappa shape index (κ3) is 6.40. The van der Waals surface area contributed by atoms with Crippen LogP contribution in [-0.4, -0.2) is 5.84 Å². The Balaban J connectivity index is 1.14. The summed E-state index contributed by atoms with van der Waals surface area (Å²) in [5.41, 5.74) is 14.3. The highest BCUT2D eigenvalue weighted by molar-refractivity contribution is 6.02. The molecule has 44 heavy (non-hydrogen) atoms. The largest absolute Gasteiger partial charge is 0.259 e. The van der Waals surface area contributed by atoms with E-state index in [-0.39, 0.29) is 0 Å². The smallest absolute Gasteiger partial charge is 0.176 e. The summed E-state index contributed by atoms with van der Waals surface area (Å²) in [5.74, 6) is 0.804. The first-order valence-electron chi connectivity index (χ1n) is 15.1. The van der Waals surface area contributed by atoms with E-state index in [4.69, 9.17) is 5.10 Å². The van der Waals surface area contributed by atoms with Crippen molar-refractivity contribution in [3.05, 3.63) is 203 Å². The van der Waals surface area contributed by atoms with Gasteiger partial charge in [-0.05, 0) is 76.9 Å². The Labute approximate surface area is 259 Å². The number of nitrogens with one attached hydrogen (secondary N) is 1. The molecule has 0 saturated carbocycles. The molecule has 1 aliphatic heterocycles. The third-order valence-corrected chi connectivity index (χ3v) is 7.92. The Hall–Kier alpha value is -5.61. The van der Waals surface area contributed by atoms with Crippen LogP contribution in [0.15, 0.2) is 169 Å². The lowest BCUT2D eigenvalue weighted by atomic mass is 10.0. The molecule has 0 fully saturated rings. The summed E-state index contributed by atoms with van der Waals surface area (Å²) in [6, 6.07) is 57.8. The van der Waals surface area contributed by atoms with E-state index in [1.165, 1.54) is 33.4 Å². The van der Waals surface area contributed by atoms with Gasteiger partial charge in [0.25, 0.3) is 0 Å². The zero-order valence-corrected chi connectivity index (χ0v) is 24.6. The second kappa shape index (κ2) is 12.7. The van der Waals surface area contributed by atoms with Gasteiger partial charge < -0.3 is 0 Å². The molecule has 0 atom stereocenters. The van der Waals surface area contributed by atoms with Crippen molar-refractivity contribution >= 4 is 17.2 Å². The van der Waals surface area contributed by atoms with Crippen LogP contribution in [0, 0.1) is 0 Å². The fourth-order valence-electron chi connectivity index (χ4n) is 5.56. The maximum atomic E-state index is 5.07. The van der Waals surface area contributed by atoms with Crippen LogP contribution < -0.4 is 15.7 Å². The van der Waals surface area contributed by atoms with Gasteiger partial charge in [0, 0.05) is 5.56 Å². The monoisotopic (exact) mass is 570 g/mol. The minimum absolute atomic E-state index is 0.804. The molecule has 4 nitrogen and oxygen atoms in total. The molecule has 0 saturated heterocycles. The van der Waals surface area contributed by atoms with Gasteiger partial charge in [-0.1, -0.05) is 140 Å². The lowest BCUT2D eigenvalue weighted by Crippen LogP contribution is -2.44. The van der Waals surface area contributed by atoms with Crippen molar-refractivity contribution in [2.45, 2.75) is 19.3 Å². The molecule has 0 bridgehead atoms. The molecule has 0 amide bonds. The number of rotatable bonds is 9. The van der Waals surface area contributed by atoms with Crippen LogP contribution in [0.1, 0.15) is 38.9 Å². The van der Waals surface area contributed by atoms with E-state index in [1.807, 2.05) is 10.2 Å². The average Bonchev–Trinajstić information content (AvgIpc) is 3.53. The minimum Gasteiger partial charge on any atom is -0.259 e. The first kappa shape index (κ1) is 27.2. The molecule has 6 aromatic carbocycles. The van der Waals surface area contributed by atoms with Gasteiger partial charge in [-0.15, -0.1) is 5.10 Å². The van der Waals surface area contributed by atoms with Gasteiger partial charge in [0.1, 0.15) is 0 Å². The first-order chi connectivity index (χ1) is 21.8. The third-order valence-electron chi connectivity index (χ3n) is 7.92. The lowest BCUT2D eigenvalue weighted by molar-refractivity contribution is 0.770. The maximum absolute atomic E-state index is 5.07. The van der Waals surface area contributed by atoms with Crippen LogP contribution in [0.4, 0.5) is 11.4 Å². The molecule has 1 aliphatic rings. The number of hydrazone groups is 1. The standard InChI is InChI=1S/C40H34N4/c1-4-10-31(11-5-1)28-34-16-22-37(23-17-34)40-41-43(38-24-18-35(19-25-38)29-32-12-6-2-7-13-32)44(42-40)39-26-20-36(21-27-39)30-33-14-8-3-9-15-33/h1-27H,28-30H2,(H,41,42). The predicted molar refractivity (Wildman–Crippen MR) is 182 cm³/mol. The highest BCUT2D eigenvalue weighted by atomic mass is 15.9. The van der Waals surface area contributed by atoms with E-state index in [0.717, 1.165) is 42.0 Å². The van der Waals surface area contributed by atoms with E-state index < -0.39 is 0 Å². The molecule has 7 rings (SSSR count). The summed E-state index contributed by atoms with van der Waals surface area (Å²) in [6.07, 6.45) is 2.71. The van der Waals surface area contributed by atoms with Gasteiger partial charge in [0.15, 0.2) is 5.84 Å². The van der Waals surface area contributed by atoms with E-state index >= 15 is 0 Å². The second-order valence-electron chi connectivity index (χ2n) is 11.2. The molecule has 0 radical (unpaired) electrons. The zero-order chi connectivity index (χ0) is 29.6. The predicted octanol–water partition coefficient (Wildman–Crippen LogP) is 8.57. The lowest BCUT2D eigenvalue weighted by Gasteiger charge is -2.28. The van der Waals surface area contributed by atoms with E-state index in [0.29, 0.717) is 0 Å². The highest BCUT2D eigenvalue weighted by Crippen LogP contribution is 2.28. The van der Waals surface area contributed by atoms with Crippen molar-refractivity contribution in [2.75, 3.05) is 10.2 Å². The molecular formula is C40H34N4. The van der Waals surface area contributed by atoms with Crippen LogP contribution in [0.5, 0.6) is 0 Å². The second-order valence-corrected chi connectivity index (χ2v) is 11.2. The number of hydrogen-bond acceptors (Lipinski definition) is 4. The van der Waals surface area contributed by atoms with Crippen molar-refractivity contribution < 1.29 is 0 Å². The van der Waals surface area contributed by atoms with Crippen LogP contribution >= 0.6 is 0 Å². The molecule has 0 spiro atoms. The number of nitrogens with zero attached hydrogens (tertiary/aromatic N) is 3. The molecule has 1 heterocycles. The molecule has 1 N–H and O–H groups in total. The quantitative estimate of drug-likeness (QED) is 0.189. The topological polar surface area (TPSA) is 30.9 Å². The number of hydrazine groups is 2. The van der Waals surface area contributed by atoms with Gasteiger partial charge in [-0.25, -0.2) is 0 Å². The van der Waals surface area contributed by atoms with Crippen molar-refractivity contribution in [3.8, 4) is 0 Å². The molecule has 6 aromatic rings. The number of amidine groups is 1. The van der Waals surface area contributed by atoms with E-state index in [1.54, 1.807) is 0 Å². The average molecular weight is 571 g/mol. The van der Waals surface area contributed by atoms with Gasteiger partial charge in [-0.2, -0.15) is 10.2 Å². The molecule has 0 aliphatic carbocycles. The normalized spacial score (nSPS) is 12.6. The minimum atomic E-state index is 0.804. The summed E-state index contributed by atoms with van der Waals surface area (Å²) in [6.45, 7) is 0. The van der Waals surface area contributed by atoms with Crippen LogP contribution in [0.2, 0.25) is 0 Å². The van der Waals surface area contributed by atoms with Gasteiger partial charge in [-0.3, -0.25) is 5.43 Å². The van der Waals surface area contributed by atoms with Crippen LogP contribution in [-0.2, 0) is 19.3 Å². The summed E-state index contributed by atoms with van der Waals surface area (Å²) in [7, 11) is 0. The van der Waals surface area contributed by atoms with Gasteiger partial charge >= 0.3 is 0 Å². The summed E-state index contributed by atoms with van der Waals surface area (Å²) in [4.78, 5) is 0. The SMILES string of the molecule is c1ccc(Cc2ccc(C3=NN(c4ccc(Cc5ccccc5)cc4)N(c4ccc(Cc5ccccc5)cc4)N3)cc2)cc1.